The van der Waals surface area contributed by atoms with Crippen molar-refractivity contribution in [1.82, 2.24) is 4.57 Å². The van der Waals surface area contributed by atoms with Crippen molar-refractivity contribution in [3.05, 3.63) is 204 Å². The molecule has 0 aliphatic rings. The Morgan fingerprint density at radius 3 is 1.37 bits per heavy atom. The lowest BCUT2D eigenvalue weighted by Crippen LogP contribution is -2.17. The average molecular weight is 911 g/mol. The number of rotatable bonds is 6. The van der Waals surface area contributed by atoms with Gasteiger partial charge in [-0.1, -0.05) is 210 Å². The fraction of sp³-hybridized carbons (Fsp3) is 0.235. The molecule has 1 heterocycles. The van der Waals surface area contributed by atoms with Gasteiger partial charge in [0.05, 0.1) is 28.1 Å². The van der Waals surface area contributed by atoms with Crippen LogP contribution in [-0.2, 0) is 21.7 Å². The molecule has 10 aromatic carbocycles. The zero-order chi connectivity index (χ0) is 49.1. The van der Waals surface area contributed by atoms with Crippen molar-refractivity contribution < 1.29 is 0 Å². The SMILES string of the molecule is CC(C)(C)c1cc(-c2cc(C(C)(C)C)cc(C(C)(C)C)c2)cc(-c2cc(C(C)(C)C)ccc2N(c2ccccc2)c2ccc3ccc4c(-n5c6ccccc6c6ccccc65)ccc5ccc2c3c54)c1. The van der Waals surface area contributed by atoms with Crippen LogP contribution in [0.25, 0.3) is 82.1 Å². The molecule has 0 N–H and O–H groups in total. The molecule has 70 heavy (non-hydrogen) atoms. The lowest BCUT2D eigenvalue weighted by molar-refractivity contribution is 0.569. The van der Waals surface area contributed by atoms with E-state index in [4.69, 9.17) is 0 Å². The molecule has 0 fully saturated rings. The molecule has 2 nitrogen and oxygen atoms in total. The zero-order valence-electron chi connectivity index (χ0n) is 43.2. The van der Waals surface area contributed by atoms with E-state index >= 15 is 0 Å². The summed E-state index contributed by atoms with van der Waals surface area (Å²) in [7, 11) is 0. The summed E-state index contributed by atoms with van der Waals surface area (Å²) in [6.07, 6.45) is 0. The van der Waals surface area contributed by atoms with E-state index in [1.807, 2.05) is 0 Å². The minimum atomic E-state index is -0.0929. The number of benzene rings is 10. The second-order valence-electron chi connectivity index (χ2n) is 24.0. The highest BCUT2D eigenvalue weighted by atomic mass is 15.1. The molecule has 0 saturated heterocycles. The van der Waals surface area contributed by atoms with Crippen LogP contribution < -0.4 is 4.90 Å². The molecule has 0 saturated carbocycles. The van der Waals surface area contributed by atoms with Crippen molar-refractivity contribution >= 4 is 71.2 Å². The van der Waals surface area contributed by atoms with Crippen LogP contribution >= 0.6 is 0 Å². The highest BCUT2D eigenvalue weighted by molar-refractivity contribution is 6.27. The minimum Gasteiger partial charge on any atom is -0.309 e. The molecular formula is C68H66N2. The van der Waals surface area contributed by atoms with E-state index in [9.17, 15) is 0 Å². The van der Waals surface area contributed by atoms with E-state index in [1.165, 1.54) is 104 Å². The fourth-order valence-electron chi connectivity index (χ4n) is 10.8. The predicted molar refractivity (Wildman–Crippen MR) is 305 cm³/mol. The maximum Gasteiger partial charge on any atom is 0.0541 e. The Balaban J connectivity index is 1.19. The summed E-state index contributed by atoms with van der Waals surface area (Å²) < 4.78 is 2.47. The van der Waals surface area contributed by atoms with Crippen molar-refractivity contribution in [3.63, 3.8) is 0 Å². The molecule has 0 bridgehead atoms. The van der Waals surface area contributed by atoms with Crippen LogP contribution in [-0.4, -0.2) is 4.57 Å². The van der Waals surface area contributed by atoms with Gasteiger partial charge in [-0.15, -0.1) is 0 Å². The maximum atomic E-state index is 2.53. The largest absolute Gasteiger partial charge is 0.309 e. The van der Waals surface area contributed by atoms with Crippen LogP contribution in [0, 0.1) is 0 Å². The molecule has 2 heteroatoms. The third kappa shape index (κ3) is 7.73. The highest BCUT2D eigenvalue weighted by Gasteiger charge is 2.27. The molecule has 0 amide bonds. The van der Waals surface area contributed by atoms with Crippen molar-refractivity contribution in [2.45, 2.75) is 105 Å². The molecular weight excluding hydrogens is 845 g/mol. The Morgan fingerprint density at radius 2 is 0.786 bits per heavy atom. The molecule has 11 rings (SSSR count). The van der Waals surface area contributed by atoms with Crippen LogP contribution in [0.5, 0.6) is 0 Å². The standard InChI is InChI=1S/C68H66N2/c1-65(2,3)48-30-35-62(57(42-48)47-36-45(37-49(40-47)66(4,5)6)46-38-50(67(7,8)9)41-51(39-46)68(10,11)12)69(52-20-14-13-15-21-52)60-33-28-43-27-32-56-61(34-29-44-26-31-55(60)63(43)64(44)56)70-58-24-18-16-22-53(58)54-23-17-19-25-59(54)70/h13-42H,1-12H3. The molecule has 11 aromatic rings. The van der Waals surface area contributed by atoms with Gasteiger partial charge in [0, 0.05) is 32.8 Å². The van der Waals surface area contributed by atoms with Gasteiger partial charge in [-0.2, -0.15) is 0 Å². The Bertz CT molecular complexity index is 3710. The normalized spacial score (nSPS) is 12.9. The molecule has 1 aromatic heterocycles. The van der Waals surface area contributed by atoms with Crippen molar-refractivity contribution in [1.29, 1.82) is 0 Å². The summed E-state index contributed by atoms with van der Waals surface area (Å²) in [4.78, 5) is 2.53. The third-order valence-corrected chi connectivity index (χ3v) is 14.9. The van der Waals surface area contributed by atoms with E-state index in [2.05, 4.69) is 275 Å². The van der Waals surface area contributed by atoms with Crippen molar-refractivity contribution in [2.24, 2.45) is 0 Å². The highest BCUT2D eigenvalue weighted by Crippen LogP contribution is 2.49. The number of para-hydroxylation sites is 3. The Hall–Kier alpha value is -7.16. The first-order chi connectivity index (χ1) is 33.2. The number of anilines is 3. The van der Waals surface area contributed by atoms with Gasteiger partial charge in [0.15, 0.2) is 0 Å². The lowest BCUT2D eigenvalue weighted by Gasteiger charge is -2.32. The summed E-state index contributed by atoms with van der Waals surface area (Å²) in [6, 6.07) is 69.4. The molecule has 0 radical (unpaired) electrons. The summed E-state index contributed by atoms with van der Waals surface area (Å²) in [6.45, 7) is 28.1. The third-order valence-electron chi connectivity index (χ3n) is 14.9. The first-order valence-electron chi connectivity index (χ1n) is 25.3. The van der Waals surface area contributed by atoms with Gasteiger partial charge in [0.1, 0.15) is 0 Å². The summed E-state index contributed by atoms with van der Waals surface area (Å²) >= 11 is 0. The first-order valence-corrected chi connectivity index (χ1v) is 25.3. The summed E-state index contributed by atoms with van der Waals surface area (Å²) in [5.74, 6) is 0. The van der Waals surface area contributed by atoms with Gasteiger partial charge < -0.3 is 9.47 Å². The molecule has 0 spiro atoms. The smallest absolute Gasteiger partial charge is 0.0541 e. The molecule has 0 aliphatic heterocycles. The van der Waals surface area contributed by atoms with Gasteiger partial charge >= 0.3 is 0 Å². The summed E-state index contributed by atoms with van der Waals surface area (Å²) in [5, 5.41) is 10.1. The molecule has 0 unspecified atom stereocenters. The topological polar surface area (TPSA) is 8.17 Å². The number of aromatic nitrogens is 1. The quantitative estimate of drug-likeness (QED) is 0.151. The van der Waals surface area contributed by atoms with E-state index in [-0.39, 0.29) is 21.7 Å². The Kier molecular flexibility index (Phi) is 10.5. The van der Waals surface area contributed by atoms with E-state index in [0.29, 0.717) is 0 Å². The first kappa shape index (κ1) is 45.3. The Morgan fingerprint density at radius 1 is 0.329 bits per heavy atom. The predicted octanol–water partition coefficient (Wildman–Crippen LogP) is 19.7. The van der Waals surface area contributed by atoms with Gasteiger partial charge in [0.25, 0.3) is 0 Å². The fourth-order valence-corrected chi connectivity index (χ4v) is 10.8. The van der Waals surface area contributed by atoms with E-state index < -0.39 is 0 Å². The second kappa shape index (κ2) is 16.2. The number of hydrogen-bond donors (Lipinski definition) is 0. The van der Waals surface area contributed by atoms with Crippen LogP contribution in [0.3, 0.4) is 0 Å². The summed E-state index contributed by atoms with van der Waals surface area (Å²) in [5.41, 5.74) is 17.2. The van der Waals surface area contributed by atoms with Gasteiger partial charge in [-0.3, -0.25) is 0 Å². The van der Waals surface area contributed by atoms with Crippen LogP contribution in [0.4, 0.5) is 17.1 Å². The Labute approximate surface area is 415 Å². The molecule has 348 valence electrons. The number of fused-ring (bicyclic) bond motifs is 3. The lowest BCUT2D eigenvalue weighted by atomic mass is 9.77. The molecule has 0 atom stereocenters. The monoisotopic (exact) mass is 911 g/mol. The van der Waals surface area contributed by atoms with Crippen LogP contribution in [0.15, 0.2) is 182 Å². The zero-order valence-corrected chi connectivity index (χ0v) is 43.2. The van der Waals surface area contributed by atoms with E-state index in [0.717, 1.165) is 17.1 Å². The van der Waals surface area contributed by atoms with Gasteiger partial charge in [-0.05, 0) is 137 Å². The minimum absolute atomic E-state index is 0.00184. The van der Waals surface area contributed by atoms with Crippen molar-refractivity contribution in [2.75, 3.05) is 4.90 Å². The maximum absolute atomic E-state index is 2.53. The second-order valence-corrected chi connectivity index (χ2v) is 24.0. The van der Waals surface area contributed by atoms with E-state index in [1.54, 1.807) is 0 Å². The van der Waals surface area contributed by atoms with Crippen LogP contribution in [0.1, 0.15) is 105 Å². The van der Waals surface area contributed by atoms with Gasteiger partial charge in [0.2, 0.25) is 0 Å². The van der Waals surface area contributed by atoms with Gasteiger partial charge in [-0.25, -0.2) is 0 Å². The van der Waals surface area contributed by atoms with Crippen molar-refractivity contribution in [3.8, 4) is 27.9 Å². The number of nitrogens with zero attached hydrogens (tertiary/aromatic N) is 2. The van der Waals surface area contributed by atoms with Crippen LogP contribution in [0.2, 0.25) is 0 Å². The number of hydrogen-bond acceptors (Lipinski definition) is 1. The average Bonchev–Trinajstić information content (AvgIpc) is 3.66. The molecule has 0 aliphatic carbocycles.